The maximum atomic E-state index is 12.9. The summed E-state index contributed by atoms with van der Waals surface area (Å²) < 4.78 is 80.8. The fourth-order valence-corrected chi connectivity index (χ4v) is 4.02. The van der Waals surface area contributed by atoms with Crippen LogP contribution in [0.2, 0.25) is 0 Å². The van der Waals surface area contributed by atoms with Crippen LogP contribution in [0.4, 0.5) is 26.3 Å². The van der Waals surface area contributed by atoms with E-state index in [2.05, 4.69) is 9.97 Å². The second-order valence-electron chi connectivity index (χ2n) is 7.97. The van der Waals surface area contributed by atoms with Crippen molar-refractivity contribution in [3.8, 4) is 22.5 Å². The Morgan fingerprint density at radius 1 is 0.559 bits per heavy atom. The van der Waals surface area contributed by atoms with Crippen LogP contribution in [0.15, 0.2) is 60.7 Å². The maximum absolute atomic E-state index is 12.9. The van der Waals surface area contributed by atoms with E-state index in [1.807, 2.05) is 0 Å². The van der Waals surface area contributed by atoms with E-state index in [4.69, 9.17) is 0 Å². The predicted octanol–water partition coefficient (Wildman–Crippen LogP) is 6.83. The number of halogens is 6. The Morgan fingerprint density at radius 2 is 0.882 bits per heavy atom. The molecular formula is C24H16F6N4. The van der Waals surface area contributed by atoms with E-state index in [0.29, 0.717) is 44.8 Å². The highest BCUT2D eigenvalue weighted by atomic mass is 19.4. The van der Waals surface area contributed by atoms with Gasteiger partial charge in [-0.25, -0.2) is 9.97 Å². The summed E-state index contributed by atoms with van der Waals surface area (Å²) in [6.45, 7) is 0. The highest BCUT2D eigenvalue weighted by Crippen LogP contribution is 2.34. The van der Waals surface area contributed by atoms with Crippen molar-refractivity contribution in [3.63, 3.8) is 0 Å². The molecule has 0 aliphatic carbocycles. The number of benzene rings is 2. The van der Waals surface area contributed by atoms with E-state index >= 15 is 0 Å². The lowest BCUT2D eigenvalue weighted by atomic mass is 10.1. The molecular weight excluding hydrogens is 458 g/mol. The molecule has 2 aromatic carbocycles. The molecule has 0 N–H and O–H groups in total. The summed E-state index contributed by atoms with van der Waals surface area (Å²) in [5.41, 5.74) is 3.19. The Balaban J connectivity index is 1.57. The summed E-state index contributed by atoms with van der Waals surface area (Å²) in [6.07, 6.45) is -8.83. The van der Waals surface area contributed by atoms with E-state index in [1.165, 1.54) is 24.3 Å². The Bertz CT molecular complexity index is 1400. The van der Waals surface area contributed by atoms with Crippen molar-refractivity contribution in [2.24, 2.45) is 14.1 Å². The molecule has 3 heterocycles. The molecule has 0 unspecified atom stereocenters. The third kappa shape index (κ3) is 3.59. The first-order chi connectivity index (χ1) is 15.9. The molecule has 34 heavy (non-hydrogen) atoms. The van der Waals surface area contributed by atoms with Gasteiger partial charge in [-0.15, -0.1) is 0 Å². The Morgan fingerprint density at radius 3 is 1.18 bits per heavy atom. The summed E-state index contributed by atoms with van der Waals surface area (Å²) >= 11 is 0. The topological polar surface area (TPSA) is 35.6 Å². The van der Waals surface area contributed by atoms with Crippen LogP contribution in [0.5, 0.6) is 0 Å². The molecule has 174 valence electrons. The van der Waals surface area contributed by atoms with Crippen LogP contribution >= 0.6 is 0 Å². The average molecular weight is 474 g/mol. The third-order valence-electron chi connectivity index (χ3n) is 5.83. The summed E-state index contributed by atoms with van der Waals surface area (Å²) in [7, 11) is 3.49. The molecule has 0 bridgehead atoms. The fourth-order valence-electron chi connectivity index (χ4n) is 4.02. The van der Waals surface area contributed by atoms with E-state index in [9.17, 15) is 26.3 Å². The molecule has 5 aromatic rings. The molecule has 0 spiro atoms. The molecule has 0 aliphatic heterocycles. The average Bonchev–Trinajstić information content (AvgIpc) is 3.28. The van der Waals surface area contributed by atoms with E-state index < -0.39 is 23.5 Å². The molecule has 0 radical (unpaired) electrons. The molecule has 10 heteroatoms. The zero-order valence-corrected chi connectivity index (χ0v) is 17.8. The number of rotatable bonds is 2. The number of nitrogens with zero attached hydrogens (tertiary/aromatic N) is 4. The third-order valence-corrected chi connectivity index (χ3v) is 5.83. The van der Waals surface area contributed by atoms with Gasteiger partial charge in [0.2, 0.25) is 0 Å². The van der Waals surface area contributed by atoms with Gasteiger partial charge in [-0.2, -0.15) is 26.3 Å². The molecule has 0 saturated heterocycles. The zero-order chi connectivity index (χ0) is 24.4. The highest BCUT2D eigenvalue weighted by molar-refractivity contribution is 5.90. The van der Waals surface area contributed by atoms with Gasteiger partial charge in [0.1, 0.15) is 11.0 Å². The largest absolute Gasteiger partial charge is 0.416 e. The van der Waals surface area contributed by atoms with E-state index in [1.54, 1.807) is 35.4 Å². The minimum Gasteiger partial charge on any atom is -0.327 e. The van der Waals surface area contributed by atoms with Crippen LogP contribution in [-0.4, -0.2) is 19.1 Å². The number of hydrogen-bond donors (Lipinski definition) is 0. The zero-order valence-electron chi connectivity index (χ0n) is 17.8. The summed E-state index contributed by atoms with van der Waals surface area (Å²) in [4.78, 5) is 9.33. The first-order valence-electron chi connectivity index (χ1n) is 10.1. The van der Waals surface area contributed by atoms with Crippen LogP contribution < -0.4 is 0 Å². The molecule has 4 nitrogen and oxygen atoms in total. The Kier molecular flexibility index (Phi) is 4.75. The van der Waals surface area contributed by atoms with Crippen molar-refractivity contribution in [3.05, 3.63) is 71.8 Å². The van der Waals surface area contributed by atoms with Crippen LogP contribution in [-0.2, 0) is 26.4 Å². The molecule has 0 atom stereocenters. The minimum atomic E-state index is -4.41. The molecule has 5 rings (SSSR count). The Labute approximate surface area is 189 Å². The van der Waals surface area contributed by atoms with Crippen molar-refractivity contribution in [2.45, 2.75) is 12.4 Å². The van der Waals surface area contributed by atoms with E-state index in [0.717, 1.165) is 24.3 Å². The second kappa shape index (κ2) is 7.34. The van der Waals surface area contributed by atoms with Gasteiger partial charge in [-0.1, -0.05) is 24.3 Å². The van der Waals surface area contributed by atoms with Crippen molar-refractivity contribution in [1.29, 1.82) is 0 Å². The van der Waals surface area contributed by atoms with E-state index in [-0.39, 0.29) is 0 Å². The molecule has 3 aromatic heterocycles. The van der Waals surface area contributed by atoms with Crippen molar-refractivity contribution in [1.82, 2.24) is 19.1 Å². The lowest BCUT2D eigenvalue weighted by Crippen LogP contribution is -2.04. The van der Waals surface area contributed by atoms with Crippen LogP contribution in [0.3, 0.4) is 0 Å². The van der Waals surface area contributed by atoms with Gasteiger partial charge in [-0.05, 0) is 47.5 Å². The minimum absolute atomic E-state index is 0.534. The highest BCUT2D eigenvalue weighted by Gasteiger charge is 2.31. The first-order valence-corrected chi connectivity index (χ1v) is 10.1. The molecule has 0 amide bonds. The monoisotopic (exact) mass is 474 g/mol. The Hall–Kier alpha value is -3.82. The smallest absolute Gasteiger partial charge is 0.327 e. The van der Waals surface area contributed by atoms with Gasteiger partial charge < -0.3 is 9.13 Å². The van der Waals surface area contributed by atoms with Crippen LogP contribution in [0.25, 0.3) is 44.8 Å². The van der Waals surface area contributed by atoms with Gasteiger partial charge in [0, 0.05) is 14.1 Å². The standard InChI is InChI=1S/C24H16F6N4/c1-33-19(13-3-7-15(8-4-13)23(25,26)27)11-17-21(33)31-18-12-20(34(2)22(18)32-17)14-5-9-16(10-6-14)24(28,29)30/h3-12H,1-2H3. The van der Waals surface area contributed by atoms with Gasteiger partial charge >= 0.3 is 12.4 Å². The number of alkyl halides is 6. The lowest BCUT2D eigenvalue weighted by Gasteiger charge is -2.08. The number of hydrogen-bond acceptors (Lipinski definition) is 2. The predicted molar refractivity (Wildman–Crippen MR) is 116 cm³/mol. The van der Waals surface area contributed by atoms with Gasteiger partial charge in [0.25, 0.3) is 0 Å². The number of aryl methyl sites for hydroxylation is 2. The van der Waals surface area contributed by atoms with Crippen LogP contribution in [0, 0.1) is 0 Å². The van der Waals surface area contributed by atoms with Crippen molar-refractivity contribution < 1.29 is 26.3 Å². The van der Waals surface area contributed by atoms with Gasteiger partial charge in [-0.3, -0.25) is 0 Å². The number of fused-ring (bicyclic) bond motifs is 2. The second-order valence-corrected chi connectivity index (χ2v) is 7.97. The summed E-state index contributed by atoms with van der Waals surface area (Å²) in [5.74, 6) is 0. The SMILES string of the molecule is Cn1c(-c2ccc(C(F)(F)F)cc2)cc2nc3c(cc(-c4ccc(C(F)(F)F)cc4)n3C)nc21. The first kappa shape index (κ1) is 22.0. The maximum Gasteiger partial charge on any atom is 0.416 e. The molecule has 0 saturated carbocycles. The number of aromatic nitrogens is 4. The van der Waals surface area contributed by atoms with Crippen LogP contribution in [0.1, 0.15) is 11.1 Å². The van der Waals surface area contributed by atoms with Crippen molar-refractivity contribution in [2.75, 3.05) is 0 Å². The lowest BCUT2D eigenvalue weighted by molar-refractivity contribution is -0.138. The normalized spacial score (nSPS) is 12.7. The van der Waals surface area contributed by atoms with Crippen molar-refractivity contribution >= 4 is 22.3 Å². The molecule has 0 fully saturated rings. The summed E-state index contributed by atoms with van der Waals surface area (Å²) in [5, 5.41) is 0. The van der Waals surface area contributed by atoms with Gasteiger partial charge in [0.15, 0.2) is 11.3 Å². The molecule has 0 aliphatic rings. The quantitative estimate of drug-likeness (QED) is 0.263. The summed E-state index contributed by atoms with van der Waals surface area (Å²) in [6, 6.07) is 13.2. The fraction of sp³-hybridized carbons (Fsp3) is 0.167. The van der Waals surface area contributed by atoms with Gasteiger partial charge in [0.05, 0.1) is 22.5 Å².